The summed E-state index contributed by atoms with van der Waals surface area (Å²) in [6.45, 7) is 0. The molecule has 2 aromatic heterocycles. The van der Waals surface area contributed by atoms with Gasteiger partial charge in [-0.15, -0.1) is 10.2 Å². The van der Waals surface area contributed by atoms with Crippen LogP contribution < -0.4 is 5.73 Å². The molecule has 2 N–H and O–H groups in total. The molecule has 0 spiro atoms. The summed E-state index contributed by atoms with van der Waals surface area (Å²) in [7, 11) is 0. The van der Waals surface area contributed by atoms with Crippen molar-refractivity contribution < 1.29 is 0 Å². The highest BCUT2D eigenvalue weighted by molar-refractivity contribution is 7.99. The number of nitrogens with two attached hydrogens (primary N) is 1. The lowest BCUT2D eigenvalue weighted by atomic mass is 10.2. The summed E-state index contributed by atoms with van der Waals surface area (Å²) in [6, 6.07) is 3.76. The number of pyridine rings is 1. The molecule has 15 heavy (non-hydrogen) atoms. The fourth-order valence-corrected chi connectivity index (χ4v) is 3.19. The van der Waals surface area contributed by atoms with Crippen molar-refractivity contribution in [2.24, 2.45) is 0 Å². The van der Waals surface area contributed by atoms with Gasteiger partial charge in [0.25, 0.3) is 0 Å². The molecule has 0 saturated carbocycles. The van der Waals surface area contributed by atoms with E-state index >= 15 is 0 Å². The molecule has 4 nitrogen and oxygen atoms in total. The Morgan fingerprint density at radius 3 is 3.13 bits per heavy atom. The van der Waals surface area contributed by atoms with Crippen LogP contribution in [0.15, 0.2) is 18.3 Å². The zero-order chi connectivity index (χ0) is 10.3. The average Bonchev–Trinajstić information content (AvgIpc) is 2.83. The zero-order valence-electron chi connectivity index (χ0n) is 8.26. The maximum absolute atomic E-state index is 5.77. The van der Waals surface area contributed by atoms with Crippen LogP contribution in [-0.2, 0) is 0 Å². The van der Waals surface area contributed by atoms with Gasteiger partial charge >= 0.3 is 0 Å². The van der Waals surface area contributed by atoms with E-state index in [1.165, 1.54) is 18.6 Å². The summed E-state index contributed by atoms with van der Waals surface area (Å²) in [4.78, 5) is 0. The smallest absolute Gasteiger partial charge is 0.160 e. The van der Waals surface area contributed by atoms with E-state index in [0.29, 0.717) is 5.25 Å². The van der Waals surface area contributed by atoms with Gasteiger partial charge in [-0.1, -0.05) is 0 Å². The number of aromatic nitrogens is 3. The normalized spacial score (nSPS) is 21.2. The van der Waals surface area contributed by atoms with Crippen molar-refractivity contribution in [3.8, 4) is 0 Å². The zero-order valence-corrected chi connectivity index (χ0v) is 9.07. The number of hydrogen-bond donors (Lipinski definition) is 1. The Hall–Kier alpha value is -1.23. The van der Waals surface area contributed by atoms with E-state index in [0.717, 1.165) is 17.2 Å². The number of thioether (sulfide) groups is 1. The lowest BCUT2D eigenvalue weighted by Gasteiger charge is -2.06. The van der Waals surface area contributed by atoms with Gasteiger partial charge in [-0.25, -0.2) is 0 Å². The number of hydrogen-bond acceptors (Lipinski definition) is 4. The third-order valence-corrected chi connectivity index (χ3v) is 4.04. The van der Waals surface area contributed by atoms with Gasteiger partial charge in [0.1, 0.15) is 0 Å². The van der Waals surface area contributed by atoms with Crippen molar-refractivity contribution in [2.45, 2.75) is 18.1 Å². The van der Waals surface area contributed by atoms with E-state index in [4.69, 9.17) is 5.73 Å². The highest BCUT2D eigenvalue weighted by Gasteiger charge is 2.22. The standard InChI is InChI=1S/C10H12N4S/c11-7-3-4-9-12-13-10(14(9)6-7)8-2-1-5-15-8/h3-4,6,8H,1-2,5,11H2. The molecule has 5 heteroatoms. The molecule has 0 radical (unpaired) electrons. The maximum Gasteiger partial charge on any atom is 0.160 e. The number of rotatable bonds is 1. The molecular weight excluding hydrogens is 208 g/mol. The Bertz CT molecular complexity index is 487. The maximum atomic E-state index is 5.77. The van der Waals surface area contributed by atoms with E-state index in [1.807, 2.05) is 34.5 Å². The monoisotopic (exact) mass is 220 g/mol. The van der Waals surface area contributed by atoms with Crippen LogP contribution in [0.4, 0.5) is 5.69 Å². The number of nitrogen functional groups attached to an aromatic ring is 1. The summed E-state index contributed by atoms with van der Waals surface area (Å²) in [5, 5.41) is 8.89. The number of fused-ring (bicyclic) bond motifs is 1. The molecule has 1 fully saturated rings. The predicted molar refractivity (Wildman–Crippen MR) is 61.8 cm³/mol. The molecule has 0 bridgehead atoms. The van der Waals surface area contributed by atoms with Crippen LogP contribution in [0.2, 0.25) is 0 Å². The van der Waals surface area contributed by atoms with Crippen molar-refractivity contribution >= 4 is 23.1 Å². The lowest BCUT2D eigenvalue weighted by Crippen LogP contribution is -1.98. The van der Waals surface area contributed by atoms with Crippen molar-refractivity contribution in [1.29, 1.82) is 0 Å². The van der Waals surface area contributed by atoms with Crippen LogP contribution in [0.3, 0.4) is 0 Å². The summed E-state index contributed by atoms with van der Waals surface area (Å²) in [5.74, 6) is 2.27. The first-order valence-electron chi connectivity index (χ1n) is 5.06. The predicted octanol–water partition coefficient (Wildman–Crippen LogP) is 1.88. The van der Waals surface area contributed by atoms with E-state index < -0.39 is 0 Å². The Morgan fingerprint density at radius 2 is 2.33 bits per heavy atom. The van der Waals surface area contributed by atoms with Gasteiger partial charge in [0, 0.05) is 11.9 Å². The molecule has 1 atom stereocenters. The van der Waals surface area contributed by atoms with Gasteiger partial charge in [0.2, 0.25) is 0 Å². The summed E-state index contributed by atoms with van der Waals surface area (Å²) < 4.78 is 2.01. The molecule has 1 saturated heterocycles. The van der Waals surface area contributed by atoms with Crippen LogP contribution in [0.5, 0.6) is 0 Å². The minimum Gasteiger partial charge on any atom is -0.398 e. The molecule has 1 aliphatic heterocycles. The minimum absolute atomic E-state index is 0.488. The number of anilines is 1. The summed E-state index contributed by atoms with van der Waals surface area (Å²) in [5.41, 5.74) is 7.40. The third-order valence-electron chi connectivity index (χ3n) is 2.67. The Kier molecular flexibility index (Phi) is 2.05. The van der Waals surface area contributed by atoms with Crippen molar-refractivity contribution in [1.82, 2.24) is 14.6 Å². The largest absolute Gasteiger partial charge is 0.398 e. The summed E-state index contributed by atoms with van der Waals surface area (Å²) in [6.07, 6.45) is 4.37. The van der Waals surface area contributed by atoms with Crippen LogP contribution in [0.25, 0.3) is 5.65 Å². The van der Waals surface area contributed by atoms with Crippen LogP contribution >= 0.6 is 11.8 Å². The molecule has 1 unspecified atom stereocenters. The van der Waals surface area contributed by atoms with Gasteiger partial charge in [0.15, 0.2) is 11.5 Å². The van der Waals surface area contributed by atoms with E-state index in [9.17, 15) is 0 Å². The third kappa shape index (κ3) is 1.47. The van der Waals surface area contributed by atoms with Crippen LogP contribution in [0, 0.1) is 0 Å². The van der Waals surface area contributed by atoms with E-state index in [-0.39, 0.29) is 0 Å². The van der Waals surface area contributed by atoms with Crippen LogP contribution in [0.1, 0.15) is 23.9 Å². The highest BCUT2D eigenvalue weighted by atomic mass is 32.2. The molecule has 0 amide bonds. The molecule has 78 valence electrons. The van der Waals surface area contributed by atoms with Gasteiger partial charge in [-0.05, 0) is 30.7 Å². The van der Waals surface area contributed by atoms with Crippen molar-refractivity contribution in [2.75, 3.05) is 11.5 Å². The van der Waals surface area contributed by atoms with E-state index in [1.54, 1.807) is 0 Å². The highest BCUT2D eigenvalue weighted by Crippen LogP contribution is 2.38. The SMILES string of the molecule is Nc1ccc2nnc(C3CCCS3)n2c1. The van der Waals surface area contributed by atoms with Crippen LogP contribution in [-0.4, -0.2) is 20.4 Å². The summed E-state index contributed by atoms with van der Waals surface area (Å²) >= 11 is 1.96. The molecular formula is C10H12N4S. The second kappa shape index (κ2) is 3.41. The second-order valence-corrected chi connectivity index (χ2v) is 5.06. The molecule has 0 aliphatic carbocycles. The molecule has 3 rings (SSSR count). The van der Waals surface area contributed by atoms with Gasteiger partial charge in [0.05, 0.1) is 5.25 Å². The molecule has 0 aromatic carbocycles. The van der Waals surface area contributed by atoms with Crippen molar-refractivity contribution in [3.63, 3.8) is 0 Å². The van der Waals surface area contributed by atoms with Gasteiger partial charge in [-0.2, -0.15) is 11.8 Å². The fraction of sp³-hybridized carbons (Fsp3) is 0.400. The molecule has 2 aromatic rings. The van der Waals surface area contributed by atoms with Gasteiger partial charge in [-0.3, -0.25) is 4.40 Å². The first kappa shape index (κ1) is 9.03. The average molecular weight is 220 g/mol. The Morgan fingerprint density at radius 1 is 1.40 bits per heavy atom. The minimum atomic E-state index is 0.488. The van der Waals surface area contributed by atoms with Gasteiger partial charge < -0.3 is 5.73 Å². The quantitative estimate of drug-likeness (QED) is 0.797. The first-order valence-corrected chi connectivity index (χ1v) is 6.11. The lowest BCUT2D eigenvalue weighted by molar-refractivity contribution is 0.766. The van der Waals surface area contributed by atoms with E-state index in [2.05, 4.69) is 10.2 Å². The Balaban J connectivity index is 2.13. The second-order valence-electron chi connectivity index (χ2n) is 3.75. The fourth-order valence-electron chi connectivity index (χ4n) is 1.93. The topological polar surface area (TPSA) is 56.2 Å². The number of nitrogens with zero attached hydrogens (tertiary/aromatic N) is 3. The van der Waals surface area contributed by atoms with Crippen molar-refractivity contribution in [3.05, 3.63) is 24.2 Å². The Labute approximate surface area is 91.9 Å². The molecule has 1 aliphatic rings. The molecule has 3 heterocycles. The first-order chi connectivity index (χ1) is 7.34.